The summed E-state index contributed by atoms with van der Waals surface area (Å²) >= 11 is 12.7. The Balaban J connectivity index is 2.19. The molecule has 0 spiro atoms. The quantitative estimate of drug-likeness (QED) is 0.429. The first-order valence-corrected chi connectivity index (χ1v) is 11.3. The zero-order valence-corrected chi connectivity index (χ0v) is 19.5. The van der Waals surface area contributed by atoms with E-state index >= 15 is 0 Å². The lowest BCUT2D eigenvalue weighted by atomic mass is 10.2. The summed E-state index contributed by atoms with van der Waals surface area (Å²) in [7, 11) is 0.463. The minimum absolute atomic E-state index is 0.0781. The summed E-state index contributed by atoms with van der Waals surface area (Å²) in [5, 5.41) is 0.713. The molecule has 0 fully saturated rings. The Bertz CT molecular complexity index is 1150. The van der Waals surface area contributed by atoms with E-state index in [0.29, 0.717) is 38.5 Å². The van der Waals surface area contributed by atoms with Crippen LogP contribution in [-0.2, 0) is 16.6 Å². The molecular weight excluding hydrogens is 461 g/mol. The highest BCUT2D eigenvalue weighted by atomic mass is 35.5. The van der Waals surface area contributed by atoms with Gasteiger partial charge in [0.25, 0.3) is 10.0 Å². The number of halogens is 2. The Labute approximate surface area is 191 Å². The third-order valence-corrected chi connectivity index (χ3v) is 7.15. The minimum Gasteiger partial charge on any atom is -0.497 e. The number of hydrogen-bond donors (Lipinski definition) is 0. The normalized spacial score (nSPS) is 11.1. The van der Waals surface area contributed by atoms with E-state index in [9.17, 15) is 8.42 Å². The number of ether oxygens (including phenoxy) is 3. The molecule has 0 saturated heterocycles. The number of sulfonamides is 1. The van der Waals surface area contributed by atoms with Gasteiger partial charge >= 0.3 is 0 Å². The largest absolute Gasteiger partial charge is 0.497 e. The molecule has 0 unspecified atom stereocenters. The first-order valence-electron chi connectivity index (χ1n) is 9.13. The minimum atomic E-state index is -4.02. The van der Waals surface area contributed by atoms with Gasteiger partial charge in [-0.2, -0.15) is 0 Å². The highest BCUT2D eigenvalue weighted by molar-refractivity contribution is 7.92. The van der Waals surface area contributed by atoms with Gasteiger partial charge in [-0.05, 0) is 48.5 Å². The van der Waals surface area contributed by atoms with Crippen molar-refractivity contribution in [1.82, 2.24) is 0 Å². The molecule has 31 heavy (non-hydrogen) atoms. The van der Waals surface area contributed by atoms with Crippen molar-refractivity contribution in [2.24, 2.45) is 0 Å². The molecule has 3 rings (SSSR count). The summed E-state index contributed by atoms with van der Waals surface area (Å²) in [5.74, 6) is 1.39. The highest BCUT2D eigenvalue weighted by Gasteiger charge is 2.29. The molecule has 0 atom stereocenters. The van der Waals surface area contributed by atoms with Crippen molar-refractivity contribution in [1.29, 1.82) is 0 Å². The zero-order chi connectivity index (χ0) is 22.6. The fourth-order valence-electron chi connectivity index (χ4n) is 2.99. The zero-order valence-electron chi connectivity index (χ0n) is 17.1. The third kappa shape index (κ3) is 4.84. The first-order chi connectivity index (χ1) is 14.8. The summed E-state index contributed by atoms with van der Waals surface area (Å²) in [4.78, 5) is 0.0781. The van der Waals surface area contributed by atoms with Crippen molar-refractivity contribution in [3.8, 4) is 17.2 Å². The van der Waals surface area contributed by atoms with Gasteiger partial charge in [0.05, 0.1) is 38.5 Å². The van der Waals surface area contributed by atoms with Crippen LogP contribution in [0.1, 0.15) is 5.56 Å². The lowest BCUT2D eigenvalue weighted by Gasteiger charge is -2.27. The summed E-state index contributed by atoms with van der Waals surface area (Å²) in [6.45, 7) is -0.102. The number of anilines is 1. The van der Waals surface area contributed by atoms with Gasteiger partial charge < -0.3 is 14.2 Å². The Kier molecular flexibility index (Phi) is 7.20. The monoisotopic (exact) mass is 481 g/mol. The Morgan fingerprint density at radius 1 is 0.806 bits per heavy atom. The number of nitrogens with zero attached hydrogens (tertiary/aromatic N) is 1. The number of rotatable bonds is 8. The molecule has 0 heterocycles. The lowest BCUT2D eigenvalue weighted by Crippen LogP contribution is -2.31. The van der Waals surface area contributed by atoms with E-state index in [-0.39, 0.29) is 11.4 Å². The van der Waals surface area contributed by atoms with E-state index in [4.69, 9.17) is 37.4 Å². The molecule has 0 amide bonds. The van der Waals surface area contributed by atoms with E-state index in [0.717, 1.165) is 0 Å². The van der Waals surface area contributed by atoms with E-state index in [1.807, 2.05) is 0 Å². The van der Waals surface area contributed by atoms with Crippen LogP contribution >= 0.6 is 23.2 Å². The van der Waals surface area contributed by atoms with Crippen molar-refractivity contribution < 1.29 is 22.6 Å². The van der Waals surface area contributed by atoms with E-state index in [2.05, 4.69) is 0 Å². The van der Waals surface area contributed by atoms with Crippen LogP contribution in [0, 0.1) is 0 Å². The summed E-state index contributed by atoms with van der Waals surface area (Å²) in [5.41, 5.74) is 0.788. The SMILES string of the molecule is COc1ccc(S(=O)(=O)N(Cc2c(Cl)cccc2Cl)c2ccc(OC)cc2OC)cc1. The van der Waals surface area contributed by atoms with Crippen LogP contribution in [0.2, 0.25) is 10.0 Å². The summed E-state index contributed by atoms with van der Waals surface area (Å²) < 4.78 is 44.4. The smallest absolute Gasteiger partial charge is 0.264 e. The molecule has 0 aromatic heterocycles. The predicted octanol–water partition coefficient (Wildman–Crippen LogP) is 5.41. The Hall–Kier alpha value is -2.61. The molecule has 0 aliphatic carbocycles. The van der Waals surface area contributed by atoms with Gasteiger partial charge in [-0.15, -0.1) is 0 Å². The second kappa shape index (κ2) is 9.68. The first kappa shape index (κ1) is 23.1. The number of hydrogen-bond acceptors (Lipinski definition) is 5. The molecule has 0 bridgehead atoms. The maximum atomic E-state index is 13.7. The molecule has 0 saturated carbocycles. The van der Waals surface area contributed by atoms with Crippen LogP contribution in [0.5, 0.6) is 17.2 Å². The Morgan fingerprint density at radius 3 is 1.94 bits per heavy atom. The molecule has 164 valence electrons. The average Bonchev–Trinajstić information content (AvgIpc) is 2.78. The van der Waals surface area contributed by atoms with Gasteiger partial charge in [0.15, 0.2) is 0 Å². The number of benzene rings is 3. The fourth-order valence-corrected chi connectivity index (χ4v) is 4.95. The second-order valence-electron chi connectivity index (χ2n) is 6.43. The van der Waals surface area contributed by atoms with Gasteiger partial charge in [0.2, 0.25) is 0 Å². The van der Waals surface area contributed by atoms with Crippen molar-refractivity contribution in [2.75, 3.05) is 25.6 Å². The predicted molar refractivity (Wildman–Crippen MR) is 122 cm³/mol. The molecule has 6 nitrogen and oxygen atoms in total. The molecule has 0 N–H and O–H groups in total. The van der Waals surface area contributed by atoms with E-state index in [1.165, 1.54) is 37.8 Å². The maximum absolute atomic E-state index is 13.7. The molecule has 0 aliphatic heterocycles. The van der Waals surface area contributed by atoms with Crippen LogP contribution in [0.25, 0.3) is 0 Å². The van der Waals surface area contributed by atoms with Gasteiger partial charge in [-0.3, -0.25) is 4.31 Å². The van der Waals surface area contributed by atoms with Crippen molar-refractivity contribution in [3.05, 3.63) is 76.3 Å². The second-order valence-corrected chi connectivity index (χ2v) is 9.10. The molecular formula is C22H21Cl2NO5S. The van der Waals surface area contributed by atoms with Gasteiger partial charge in [0, 0.05) is 21.7 Å². The van der Waals surface area contributed by atoms with E-state index in [1.54, 1.807) is 48.5 Å². The van der Waals surface area contributed by atoms with Crippen molar-refractivity contribution in [3.63, 3.8) is 0 Å². The topological polar surface area (TPSA) is 65.1 Å². The maximum Gasteiger partial charge on any atom is 0.264 e. The van der Waals surface area contributed by atoms with Crippen LogP contribution in [0.15, 0.2) is 65.6 Å². The van der Waals surface area contributed by atoms with Crippen LogP contribution in [-0.4, -0.2) is 29.7 Å². The van der Waals surface area contributed by atoms with Gasteiger partial charge in [0.1, 0.15) is 17.2 Å². The molecule has 3 aromatic rings. The highest BCUT2D eigenvalue weighted by Crippen LogP contribution is 2.38. The molecule has 0 aliphatic rings. The van der Waals surface area contributed by atoms with Gasteiger partial charge in [-0.1, -0.05) is 29.3 Å². The van der Waals surface area contributed by atoms with Crippen LogP contribution < -0.4 is 18.5 Å². The fraction of sp³-hybridized carbons (Fsp3) is 0.182. The standard InChI is InChI=1S/C22H21Cl2NO5S/c1-28-15-7-10-17(11-8-15)31(26,27)25(14-18-19(23)5-4-6-20(18)24)21-12-9-16(29-2)13-22(21)30-3/h4-13H,14H2,1-3H3. The third-order valence-electron chi connectivity index (χ3n) is 4.67. The Morgan fingerprint density at radius 2 is 1.39 bits per heavy atom. The van der Waals surface area contributed by atoms with E-state index < -0.39 is 10.0 Å². The van der Waals surface area contributed by atoms with Crippen molar-refractivity contribution in [2.45, 2.75) is 11.4 Å². The number of methoxy groups -OCH3 is 3. The van der Waals surface area contributed by atoms with Crippen LogP contribution in [0.3, 0.4) is 0 Å². The lowest BCUT2D eigenvalue weighted by molar-refractivity contribution is 0.394. The van der Waals surface area contributed by atoms with Crippen LogP contribution in [0.4, 0.5) is 5.69 Å². The van der Waals surface area contributed by atoms with Gasteiger partial charge in [-0.25, -0.2) is 8.42 Å². The summed E-state index contributed by atoms with van der Waals surface area (Å²) in [6, 6.07) is 16.0. The van der Waals surface area contributed by atoms with Crippen molar-refractivity contribution >= 4 is 38.9 Å². The molecule has 0 radical (unpaired) electrons. The summed E-state index contributed by atoms with van der Waals surface area (Å²) in [6.07, 6.45) is 0. The average molecular weight is 482 g/mol. The molecule has 3 aromatic carbocycles. The molecule has 9 heteroatoms.